The molecule has 34 heavy (non-hydrogen) atoms. The largest absolute Gasteiger partial charge is 0.451 e. The van der Waals surface area contributed by atoms with Crippen molar-refractivity contribution in [3.8, 4) is 0 Å². The minimum atomic E-state index is -5.25. The van der Waals surface area contributed by atoms with Crippen LogP contribution in [0.4, 0.5) is 35.1 Å². The third-order valence-electron chi connectivity index (χ3n) is 5.34. The summed E-state index contributed by atoms with van der Waals surface area (Å²) in [6, 6.07) is -1.18. The molecular weight excluding hydrogens is 486 g/mol. The lowest BCUT2D eigenvalue weighted by molar-refractivity contribution is -0.164. The number of carbonyl (C=O) groups is 2. The molecule has 0 aliphatic carbocycles. The Morgan fingerprint density at radius 1 is 1.18 bits per heavy atom. The predicted molar refractivity (Wildman–Crippen MR) is 95.9 cm³/mol. The summed E-state index contributed by atoms with van der Waals surface area (Å²) < 4.78 is 106. The molecule has 190 valence electrons. The van der Waals surface area contributed by atoms with Gasteiger partial charge >= 0.3 is 12.4 Å². The van der Waals surface area contributed by atoms with Gasteiger partial charge in [-0.05, 0) is 6.42 Å². The van der Waals surface area contributed by atoms with Gasteiger partial charge in [-0.3, -0.25) is 9.59 Å². The third kappa shape index (κ3) is 5.71. The Kier molecular flexibility index (Phi) is 6.78. The summed E-state index contributed by atoms with van der Waals surface area (Å²) in [4.78, 5) is 31.8. The van der Waals surface area contributed by atoms with E-state index < -0.39 is 104 Å². The summed E-state index contributed by atoms with van der Waals surface area (Å²) in [5, 5.41) is 9.48. The van der Waals surface area contributed by atoms with Crippen LogP contribution in [0.15, 0.2) is 0 Å². The van der Waals surface area contributed by atoms with Crippen LogP contribution in [0, 0.1) is 0 Å². The highest BCUT2D eigenvalue weighted by Crippen LogP contribution is 2.37. The van der Waals surface area contributed by atoms with E-state index in [0.717, 1.165) is 4.90 Å². The molecule has 0 aromatic carbocycles. The normalized spacial score (nSPS) is 21.9. The van der Waals surface area contributed by atoms with Crippen LogP contribution in [0.2, 0.25) is 0 Å². The van der Waals surface area contributed by atoms with Crippen molar-refractivity contribution in [1.82, 2.24) is 19.8 Å². The summed E-state index contributed by atoms with van der Waals surface area (Å²) in [7, 11) is 0. The number of fused-ring (bicyclic) bond motifs is 1. The molecule has 1 saturated heterocycles. The molecule has 0 saturated carbocycles. The molecule has 1 unspecified atom stereocenters. The molecular formula is C18H19F8N5O3. The number of hydrogen-bond acceptors (Lipinski definition) is 6. The van der Waals surface area contributed by atoms with E-state index in [9.17, 15) is 49.8 Å². The van der Waals surface area contributed by atoms with E-state index in [-0.39, 0.29) is 6.54 Å². The molecule has 2 atom stereocenters. The summed E-state index contributed by atoms with van der Waals surface area (Å²) in [6.45, 7) is -2.50. The highest BCUT2D eigenvalue weighted by atomic mass is 19.4. The molecule has 1 aromatic heterocycles. The number of aliphatic hydroxyl groups excluding tert-OH is 1. The van der Waals surface area contributed by atoms with Gasteiger partial charge < -0.3 is 20.6 Å². The van der Waals surface area contributed by atoms with E-state index in [0.29, 0.717) is 4.90 Å². The number of likely N-dealkylation sites (tertiary alicyclic amines) is 1. The molecule has 16 heteroatoms. The Morgan fingerprint density at radius 2 is 1.82 bits per heavy atom. The van der Waals surface area contributed by atoms with E-state index in [1.54, 1.807) is 0 Å². The molecule has 0 radical (unpaired) electrons. The molecule has 0 spiro atoms. The fraction of sp³-hybridized carbons (Fsp3) is 0.667. The van der Waals surface area contributed by atoms with Gasteiger partial charge in [0.2, 0.25) is 11.7 Å². The zero-order chi connectivity index (χ0) is 25.6. The fourth-order valence-corrected chi connectivity index (χ4v) is 3.86. The van der Waals surface area contributed by atoms with Crippen molar-refractivity contribution in [2.45, 2.75) is 56.2 Å². The number of aromatic nitrogens is 2. The molecule has 2 amide bonds. The number of hydrogen-bond donors (Lipinski definition) is 2. The quantitative estimate of drug-likeness (QED) is 0.598. The van der Waals surface area contributed by atoms with Gasteiger partial charge in [-0.1, -0.05) is 0 Å². The average Bonchev–Trinajstić information content (AvgIpc) is 2.68. The molecule has 3 rings (SSSR count). The molecule has 1 fully saturated rings. The van der Waals surface area contributed by atoms with E-state index in [1.807, 2.05) is 0 Å². The van der Waals surface area contributed by atoms with Crippen LogP contribution in [0.5, 0.6) is 0 Å². The standard InChI is InChI=1S/C18H19F8N5O3/c19-16(20)4-11(32)14(34)31(7-16)5-8(27)3-12(33)30-2-1-9-10(6-30)28-15(18(24,25)26)29-13(9)17(21,22)23/h8,11,32H,1-7,27H2/t8-,11?/m0/s1. The number of aliphatic hydroxyl groups is 1. The number of piperidine rings is 1. The lowest BCUT2D eigenvalue weighted by Gasteiger charge is -2.36. The van der Waals surface area contributed by atoms with Crippen LogP contribution in [0.3, 0.4) is 0 Å². The first-order valence-electron chi connectivity index (χ1n) is 9.90. The van der Waals surface area contributed by atoms with Gasteiger partial charge in [0.25, 0.3) is 11.8 Å². The lowest BCUT2D eigenvalue weighted by Crippen LogP contribution is -2.56. The first-order chi connectivity index (χ1) is 15.5. The average molecular weight is 505 g/mol. The maximum absolute atomic E-state index is 13.6. The maximum Gasteiger partial charge on any atom is 0.451 e. The zero-order valence-electron chi connectivity index (χ0n) is 17.3. The number of nitrogens with zero attached hydrogens (tertiary/aromatic N) is 4. The van der Waals surface area contributed by atoms with E-state index in [4.69, 9.17) is 5.73 Å². The smallest absolute Gasteiger partial charge is 0.383 e. The monoisotopic (exact) mass is 505 g/mol. The Morgan fingerprint density at radius 3 is 2.41 bits per heavy atom. The van der Waals surface area contributed by atoms with E-state index >= 15 is 0 Å². The second-order valence-corrected chi connectivity index (χ2v) is 8.14. The van der Waals surface area contributed by atoms with Crippen LogP contribution in [-0.2, 0) is 34.9 Å². The number of alkyl halides is 8. The maximum atomic E-state index is 13.6. The van der Waals surface area contributed by atoms with Crippen LogP contribution < -0.4 is 5.73 Å². The number of halogens is 8. The summed E-state index contributed by atoms with van der Waals surface area (Å²) in [5.74, 6) is -7.13. The van der Waals surface area contributed by atoms with Crippen molar-refractivity contribution in [2.75, 3.05) is 19.6 Å². The van der Waals surface area contributed by atoms with Crippen molar-refractivity contribution in [2.24, 2.45) is 5.73 Å². The van der Waals surface area contributed by atoms with Crippen molar-refractivity contribution in [1.29, 1.82) is 0 Å². The summed E-state index contributed by atoms with van der Waals surface area (Å²) in [5.41, 5.74) is 2.88. The highest BCUT2D eigenvalue weighted by Gasteiger charge is 2.46. The summed E-state index contributed by atoms with van der Waals surface area (Å²) >= 11 is 0. The Hall–Kier alpha value is -2.62. The Labute approximate surface area is 186 Å². The molecule has 2 aliphatic rings. The summed E-state index contributed by atoms with van der Waals surface area (Å²) in [6.07, 6.45) is -14.4. The molecule has 2 aliphatic heterocycles. The molecule has 1 aromatic rings. The van der Waals surface area contributed by atoms with Gasteiger partial charge in [-0.2, -0.15) is 26.3 Å². The zero-order valence-corrected chi connectivity index (χ0v) is 17.3. The molecule has 8 nitrogen and oxygen atoms in total. The second kappa shape index (κ2) is 8.87. The van der Waals surface area contributed by atoms with Gasteiger partial charge in [-0.25, -0.2) is 18.7 Å². The topological polar surface area (TPSA) is 113 Å². The van der Waals surface area contributed by atoms with Crippen molar-refractivity contribution < 1.29 is 49.8 Å². The molecule has 3 N–H and O–H groups in total. The first kappa shape index (κ1) is 26.0. The van der Waals surface area contributed by atoms with Gasteiger partial charge in [-0.15, -0.1) is 0 Å². The van der Waals surface area contributed by atoms with Crippen LogP contribution in [0.1, 0.15) is 35.6 Å². The number of carbonyl (C=O) groups excluding carboxylic acids is 2. The van der Waals surface area contributed by atoms with Crippen molar-refractivity contribution in [3.63, 3.8) is 0 Å². The highest BCUT2D eigenvalue weighted by molar-refractivity contribution is 5.82. The van der Waals surface area contributed by atoms with Gasteiger partial charge in [0.1, 0.15) is 6.10 Å². The second-order valence-electron chi connectivity index (χ2n) is 8.14. The van der Waals surface area contributed by atoms with E-state index in [2.05, 4.69) is 9.97 Å². The van der Waals surface area contributed by atoms with Crippen LogP contribution >= 0.6 is 0 Å². The van der Waals surface area contributed by atoms with Crippen molar-refractivity contribution in [3.05, 3.63) is 22.8 Å². The molecule has 0 bridgehead atoms. The van der Waals surface area contributed by atoms with Crippen LogP contribution in [0.25, 0.3) is 0 Å². The van der Waals surface area contributed by atoms with E-state index in [1.165, 1.54) is 0 Å². The first-order valence-corrected chi connectivity index (χ1v) is 9.90. The van der Waals surface area contributed by atoms with Gasteiger partial charge in [0.15, 0.2) is 5.69 Å². The minimum Gasteiger partial charge on any atom is -0.383 e. The SMILES string of the molecule is N[C@@H](CC(=O)N1CCc2c(nc(C(F)(F)F)nc2C(F)(F)F)C1)CN1CC(F)(F)CC(O)C1=O. The van der Waals surface area contributed by atoms with Gasteiger partial charge in [0.05, 0.1) is 18.8 Å². The number of amides is 2. The van der Waals surface area contributed by atoms with Crippen LogP contribution in [-0.4, -0.2) is 74.4 Å². The number of nitrogens with two attached hydrogens (primary N) is 1. The Balaban J connectivity index is 1.72. The number of rotatable bonds is 4. The van der Waals surface area contributed by atoms with Crippen molar-refractivity contribution >= 4 is 11.8 Å². The Bertz CT molecular complexity index is 968. The third-order valence-corrected chi connectivity index (χ3v) is 5.34. The lowest BCUT2D eigenvalue weighted by atomic mass is 10.0. The molecule has 3 heterocycles. The predicted octanol–water partition coefficient (Wildman–Crippen LogP) is 1.34. The minimum absolute atomic E-state index is 0.296. The fourth-order valence-electron chi connectivity index (χ4n) is 3.86. The van der Waals surface area contributed by atoms with Gasteiger partial charge in [0, 0.05) is 37.5 Å².